The zero-order valence-corrected chi connectivity index (χ0v) is 10.9. The number of hydrogen-bond donors (Lipinski definition) is 1. The van der Waals surface area contributed by atoms with Gasteiger partial charge in [0.15, 0.2) is 0 Å². The van der Waals surface area contributed by atoms with E-state index in [-0.39, 0.29) is 0 Å². The third kappa shape index (κ3) is 1.75. The van der Waals surface area contributed by atoms with E-state index < -0.39 is 0 Å². The minimum atomic E-state index is 0.836. The molecule has 1 N–H and O–H groups in total. The van der Waals surface area contributed by atoms with Crippen molar-refractivity contribution in [1.29, 1.82) is 0 Å². The van der Waals surface area contributed by atoms with Crippen molar-refractivity contribution in [3.05, 3.63) is 66.2 Å². The first-order valence-electron chi connectivity index (χ1n) is 6.67. The van der Waals surface area contributed by atoms with Crippen LogP contribution in [0.25, 0.3) is 22.5 Å². The van der Waals surface area contributed by atoms with Gasteiger partial charge in [-0.3, -0.25) is 0 Å². The van der Waals surface area contributed by atoms with Crippen LogP contribution in [0.1, 0.15) is 5.56 Å². The summed E-state index contributed by atoms with van der Waals surface area (Å²) >= 11 is 0. The van der Waals surface area contributed by atoms with Crippen LogP contribution in [0, 0.1) is 0 Å². The Hall–Kier alpha value is -2.68. The van der Waals surface area contributed by atoms with Crippen molar-refractivity contribution in [1.82, 2.24) is 10.2 Å². The largest absolute Gasteiger partial charge is 0.379 e. The molecular weight excluding hydrogens is 246 g/mol. The number of nitrogens with one attached hydrogen (secondary N) is 1. The van der Waals surface area contributed by atoms with Crippen molar-refractivity contribution >= 4 is 5.69 Å². The number of aromatic nitrogens is 2. The van der Waals surface area contributed by atoms with Crippen LogP contribution in [-0.4, -0.2) is 10.2 Å². The van der Waals surface area contributed by atoms with Crippen molar-refractivity contribution in [2.24, 2.45) is 0 Å². The first-order valence-corrected chi connectivity index (χ1v) is 6.67. The second kappa shape index (κ2) is 4.46. The van der Waals surface area contributed by atoms with Gasteiger partial charge in [0.2, 0.25) is 0 Å². The highest BCUT2D eigenvalue weighted by Crippen LogP contribution is 2.34. The van der Waals surface area contributed by atoms with Gasteiger partial charge in [-0.15, -0.1) is 10.2 Å². The van der Waals surface area contributed by atoms with Gasteiger partial charge in [-0.05, 0) is 11.6 Å². The van der Waals surface area contributed by atoms with Crippen LogP contribution in [0.5, 0.6) is 0 Å². The van der Waals surface area contributed by atoms with Crippen LogP contribution in [0.15, 0.2) is 60.7 Å². The second-order valence-corrected chi connectivity index (χ2v) is 4.87. The monoisotopic (exact) mass is 259 g/mol. The lowest BCUT2D eigenvalue weighted by Crippen LogP contribution is -2.10. The average molecular weight is 259 g/mol. The molecule has 3 nitrogen and oxygen atoms in total. The summed E-state index contributed by atoms with van der Waals surface area (Å²) in [6, 6.07) is 20.5. The quantitative estimate of drug-likeness (QED) is 0.723. The summed E-state index contributed by atoms with van der Waals surface area (Å²) in [7, 11) is 0. The van der Waals surface area contributed by atoms with E-state index in [1.54, 1.807) is 0 Å². The molecule has 20 heavy (non-hydrogen) atoms. The molecule has 0 atom stereocenters. The molecule has 1 aliphatic heterocycles. The Morgan fingerprint density at radius 2 is 1.65 bits per heavy atom. The molecule has 0 unspecified atom stereocenters. The lowest BCUT2D eigenvalue weighted by molar-refractivity contribution is 1.01. The first kappa shape index (κ1) is 11.2. The molecule has 2 aromatic carbocycles. The number of rotatable bonds is 1. The van der Waals surface area contributed by atoms with Crippen molar-refractivity contribution < 1.29 is 0 Å². The maximum Gasteiger partial charge on any atom is 0.116 e. The normalized spacial score (nSPS) is 12.2. The van der Waals surface area contributed by atoms with Gasteiger partial charge in [0.05, 0.1) is 11.4 Å². The predicted molar refractivity (Wildman–Crippen MR) is 80.2 cm³/mol. The van der Waals surface area contributed by atoms with Gasteiger partial charge < -0.3 is 5.32 Å². The van der Waals surface area contributed by atoms with Gasteiger partial charge in [-0.2, -0.15) is 0 Å². The van der Waals surface area contributed by atoms with E-state index in [4.69, 9.17) is 0 Å². The Balaban J connectivity index is 1.85. The first-order chi connectivity index (χ1) is 9.92. The lowest BCUT2D eigenvalue weighted by Gasteiger charge is -2.20. The summed E-state index contributed by atoms with van der Waals surface area (Å²) in [6.45, 7) is 0.836. The van der Waals surface area contributed by atoms with Crippen LogP contribution in [0.2, 0.25) is 0 Å². The Bertz CT molecular complexity index is 766. The summed E-state index contributed by atoms with van der Waals surface area (Å²) in [5.41, 5.74) is 6.42. The second-order valence-electron chi connectivity index (χ2n) is 4.87. The molecule has 0 radical (unpaired) electrons. The van der Waals surface area contributed by atoms with E-state index in [1.807, 2.05) is 36.4 Å². The van der Waals surface area contributed by atoms with E-state index in [0.29, 0.717) is 0 Å². The Labute approximate surface area is 117 Å². The molecule has 0 fully saturated rings. The van der Waals surface area contributed by atoms with Crippen molar-refractivity contribution in [2.75, 3.05) is 5.32 Å². The Morgan fingerprint density at radius 1 is 0.850 bits per heavy atom. The van der Waals surface area contributed by atoms with Gasteiger partial charge in [-0.25, -0.2) is 0 Å². The molecule has 1 aromatic heterocycles. The zero-order chi connectivity index (χ0) is 13.4. The predicted octanol–water partition coefficient (Wildman–Crippen LogP) is 3.74. The fraction of sp³-hybridized carbons (Fsp3) is 0.0588. The number of fused-ring (bicyclic) bond motifs is 3. The van der Waals surface area contributed by atoms with Gasteiger partial charge in [0.1, 0.15) is 5.69 Å². The van der Waals surface area contributed by atoms with Gasteiger partial charge in [0.25, 0.3) is 0 Å². The van der Waals surface area contributed by atoms with E-state index in [9.17, 15) is 0 Å². The maximum absolute atomic E-state index is 4.42. The molecule has 3 heteroatoms. The van der Waals surface area contributed by atoms with Gasteiger partial charge >= 0.3 is 0 Å². The molecule has 0 spiro atoms. The molecular formula is C17H13N3. The van der Waals surface area contributed by atoms with Crippen LogP contribution in [-0.2, 0) is 6.54 Å². The summed E-state index contributed by atoms with van der Waals surface area (Å²) in [5, 5.41) is 12.2. The Morgan fingerprint density at radius 3 is 2.55 bits per heavy atom. The fourth-order valence-electron chi connectivity index (χ4n) is 2.57. The zero-order valence-electron chi connectivity index (χ0n) is 10.9. The van der Waals surface area contributed by atoms with E-state index in [2.05, 4.69) is 39.8 Å². The Kier molecular flexibility index (Phi) is 2.49. The molecule has 2 heterocycles. The van der Waals surface area contributed by atoms with Crippen molar-refractivity contribution in [3.8, 4) is 22.5 Å². The molecule has 3 aromatic rings. The van der Waals surface area contributed by atoms with E-state index >= 15 is 0 Å². The number of benzene rings is 2. The molecule has 4 rings (SSSR count). The van der Waals surface area contributed by atoms with Crippen LogP contribution in [0.4, 0.5) is 5.69 Å². The molecule has 1 aliphatic rings. The minimum absolute atomic E-state index is 0.836. The number of hydrogen-bond acceptors (Lipinski definition) is 3. The molecule has 0 amide bonds. The SMILES string of the molecule is c1ccc(-c2cc3c(nn2)-c2ccccc2CN3)cc1. The van der Waals surface area contributed by atoms with E-state index in [0.717, 1.165) is 29.2 Å². The third-order valence-electron chi connectivity index (χ3n) is 3.61. The maximum atomic E-state index is 4.42. The smallest absolute Gasteiger partial charge is 0.116 e. The van der Waals surface area contributed by atoms with Gasteiger partial charge in [0, 0.05) is 17.7 Å². The topological polar surface area (TPSA) is 37.8 Å². The average Bonchev–Trinajstić information content (AvgIpc) is 2.55. The highest BCUT2D eigenvalue weighted by atomic mass is 15.1. The van der Waals surface area contributed by atoms with Crippen LogP contribution >= 0.6 is 0 Å². The summed E-state index contributed by atoms with van der Waals surface area (Å²) in [6.07, 6.45) is 0. The molecule has 0 saturated heterocycles. The van der Waals surface area contributed by atoms with Gasteiger partial charge in [-0.1, -0.05) is 54.6 Å². The summed E-state index contributed by atoms with van der Waals surface area (Å²) in [5.74, 6) is 0. The third-order valence-corrected chi connectivity index (χ3v) is 3.61. The molecule has 0 saturated carbocycles. The minimum Gasteiger partial charge on any atom is -0.379 e. The standard InChI is InChI=1S/C17H13N3/c1-2-6-12(7-3-1)15-10-16-17(20-19-15)14-9-5-4-8-13(14)11-18-16/h1-10,18H,11H2. The van der Waals surface area contributed by atoms with E-state index in [1.165, 1.54) is 11.1 Å². The molecule has 0 aliphatic carbocycles. The van der Waals surface area contributed by atoms with Crippen LogP contribution < -0.4 is 5.32 Å². The van der Waals surface area contributed by atoms with Crippen molar-refractivity contribution in [2.45, 2.75) is 6.54 Å². The summed E-state index contributed by atoms with van der Waals surface area (Å²) < 4.78 is 0. The van der Waals surface area contributed by atoms with Crippen molar-refractivity contribution in [3.63, 3.8) is 0 Å². The summed E-state index contributed by atoms with van der Waals surface area (Å²) in [4.78, 5) is 0. The number of nitrogens with zero attached hydrogens (tertiary/aromatic N) is 2. The lowest BCUT2D eigenvalue weighted by atomic mass is 9.99. The highest BCUT2D eigenvalue weighted by molar-refractivity contribution is 5.81. The fourth-order valence-corrected chi connectivity index (χ4v) is 2.57. The van der Waals surface area contributed by atoms with Crippen LogP contribution in [0.3, 0.4) is 0 Å². The molecule has 0 bridgehead atoms. The number of anilines is 1. The molecule has 96 valence electrons. The highest BCUT2D eigenvalue weighted by Gasteiger charge is 2.17.